The zero-order valence-electron chi connectivity index (χ0n) is 11.9. The highest BCUT2D eigenvalue weighted by molar-refractivity contribution is 6.01. The van der Waals surface area contributed by atoms with Crippen molar-refractivity contribution in [2.75, 3.05) is 19.2 Å². The fraction of sp³-hybridized carbons (Fsp3) is 0.125. The Balaban J connectivity index is 1.63. The summed E-state index contributed by atoms with van der Waals surface area (Å²) in [6.07, 6.45) is 4.68. The average Bonchev–Trinajstić information content (AvgIpc) is 3.01. The number of amides is 1. The highest BCUT2D eigenvalue weighted by atomic mass is 16.7. The van der Waals surface area contributed by atoms with Crippen LogP contribution in [0.5, 0.6) is 17.4 Å². The van der Waals surface area contributed by atoms with Crippen molar-refractivity contribution in [2.45, 2.75) is 0 Å². The summed E-state index contributed by atoms with van der Waals surface area (Å²) in [6, 6.07) is 8.88. The molecule has 1 N–H and O–H groups in total. The summed E-state index contributed by atoms with van der Waals surface area (Å²) in [5.41, 5.74) is 1.45. The summed E-state index contributed by atoms with van der Waals surface area (Å²) in [4.78, 5) is 15.9. The number of methoxy groups -OCH3 is 1. The molecule has 2 heterocycles. The van der Waals surface area contributed by atoms with Crippen molar-refractivity contribution in [3.63, 3.8) is 0 Å². The van der Waals surface area contributed by atoms with Gasteiger partial charge in [-0.2, -0.15) is 0 Å². The van der Waals surface area contributed by atoms with Crippen molar-refractivity contribution in [3.05, 3.63) is 48.2 Å². The molecule has 22 heavy (non-hydrogen) atoms. The molecular weight excluding hydrogens is 284 g/mol. The van der Waals surface area contributed by atoms with E-state index in [9.17, 15) is 4.79 Å². The lowest BCUT2D eigenvalue weighted by atomic mass is 10.2. The molecule has 6 heteroatoms. The zero-order chi connectivity index (χ0) is 15.4. The molecule has 2 aromatic rings. The number of anilines is 1. The predicted octanol–water partition coefficient (Wildman–Crippen LogP) is 2.47. The molecule has 1 aromatic heterocycles. The van der Waals surface area contributed by atoms with Crippen LogP contribution in [-0.2, 0) is 4.79 Å². The fourth-order valence-corrected chi connectivity index (χ4v) is 1.95. The van der Waals surface area contributed by atoms with Gasteiger partial charge in [-0.25, -0.2) is 4.98 Å². The van der Waals surface area contributed by atoms with Crippen LogP contribution >= 0.6 is 0 Å². The van der Waals surface area contributed by atoms with Gasteiger partial charge in [-0.3, -0.25) is 4.79 Å². The van der Waals surface area contributed by atoms with Crippen LogP contribution in [0, 0.1) is 0 Å². The Labute approximate surface area is 127 Å². The van der Waals surface area contributed by atoms with Crippen molar-refractivity contribution in [2.24, 2.45) is 0 Å². The van der Waals surface area contributed by atoms with Gasteiger partial charge in [0.25, 0.3) is 0 Å². The third-order valence-corrected chi connectivity index (χ3v) is 3.04. The van der Waals surface area contributed by atoms with Crippen LogP contribution in [0.1, 0.15) is 5.56 Å². The third-order valence-electron chi connectivity index (χ3n) is 3.04. The number of nitrogens with one attached hydrogen (secondary N) is 1. The molecule has 0 radical (unpaired) electrons. The molecular formula is C16H14N2O4. The molecule has 1 aromatic carbocycles. The number of carbonyl (C=O) groups is 1. The minimum absolute atomic E-state index is 0.230. The summed E-state index contributed by atoms with van der Waals surface area (Å²) in [5, 5.41) is 2.72. The number of nitrogens with zero attached hydrogens (tertiary/aromatic N) is 1. The van der Waals surface area contributed by atoms with Gasteiger partial charge in [0.05, 0.1) is 19.0 Å². The number of rotatable bonds is 4. The summed E-state index contributed by atoms with van der Waals surface area (Å²) in [5.74, 6) is 1.64. The zero-order valence-corrected chi connectivity index (χ0v) is 11.9. The van der Waals surface area contributed by atoms with Gasteiger partial charge in [-0.05, 0) is 29.8 Å². The maximum atomic E-state index is 11.9. The van der Waals surface area contributed by atoms with Crippen LogP contribution in [-0.4, -0.2) is 24.8 Å². The number of ether oxygens (including phenoxy) is 3. The lowest BCUT2D eigenvalue weighted by Crippen LogP contribution is -2.07. The molecule has 0 saturated heterocycles. The van der Waals surface area contributed by atoms with Gasteiger partial charge in [0.2, 0.25) is 18.6 Å². The van der Waals surface area contributed by atoms with E-state index >= 15 is 0 Å². The minimum Gasteiger partial charge on any atom is -0.481 e. The molecule has 6 nitrogen and oxygen atoms in total. The summed E-state index contributed by atoms with van der Waals surface area (Å²) >= 11 is 0. The first-order chi connectivity index (χ1) is 10.7. The van der Waals surface area contributed by atoms with Crippen molar-refractivity contribution >= 4 is 17.7 Å². The van der Waals surface area contributed by atoms with Crippen LogP contribution in [0.2, 0.25) is 0 Å². The Bertz CT molecular complexity index is 711. The van der Waals surface area contributed by atoms with E-state index in [1.54, 1.807) is 18.2 Å². The van der Waals surface area contributed by atoms with Crippen LogP contribution in [0.3, 0.4) is 0 Å². The molecule has 1 aliphatic heterocycles. The van der Waals surface area contributed by atoms with E-state index in [0.29, 0.717) is 23.1 Å². The smallest absolute Gasteiger partial charge is 0.248 e. The second kappa shape index (κ2) is 6.17. The highest BCUT2D eigenvalue weighted by Gasteiger charge is 2.12. The van der Waals surface area contributed by atoms with Crippen LogP contribution in [0.15, 0.2) is 42.6 Å². The maximum absolute atomic E-state index is 11.9. The number of benzene rings is 1. The molecule has 3 rings (SSSR count). The molecule has 0 aliphatic carbocycles. The van der Waals surface area contributed by atoms with Gasteiger partial charge < -0.3 is 19.5 Å². The second-order valence-electron chi connectivity index (χ2n) is 4.52. The Morgan fingerprint density at radius 3 is 2.91 bits per heavy atom. The molecule has 112 valence electrons. The Morgan fingerprint density at radius 2 is 2.14 bits per heavy atom. The SMILES string of the molecule is COc1ccc(NC(=O)/C=C/c2ccc3c(c2)OCO3)cn1. The van der Waals surface area contributed by atoms with E-state index in [0.717, 1.165) is 5.56 Å². The molecule has 0 spiro atoms. The molecule has 0 atom stereocenters. The number of hydrogen-bond donors (Lipinski definition) is 1. The number of aromatic nitrogens is 1. The van der Waals surface area contributed by atoms with Gasteiger partial charge in [0, 0.05) is 12.1 Å². The van der Waals surface area contributed by atoms with Crippen LogP contribution in [0.4, 0.5) is 5.69 Å². The molecule has 0 saturated carbocycles. The van der Waals surface area contributed by atoms with E-state index in [1.807, 2.05) is 18.2 Å². The van der Waals surface area contributed by atoms with Gasteiger partial charge in [-0.1, -0.05) is 6.07 Å². The molecule has 1 amide bonds. The van der Waals surface area contributed by atoms with Crippen molar-refractivity contribution < 1.29 is 19.0 Å². The number of hydrogen-bond acceptors (Lipinski definition) is 5. The normalized spacial score (nSPS) is 12.4. The second-order valence-corrected chi connectivity index (χ2v) is 4.52. The highest BCUT2D eigenvalue weighted by Crippen LogP contribution is 2.32. The van der Waals surface area contributed by atoms with E-state index in [-0.39, 0.29) is 12.7 Å². The van der Waals surface area contributed by atoms with Gasteiger partial charge in [-0.15, -0.1) is 0 Å². The maximum Gasteiger partial charge on any atom is 0.248 e. The Kier molecular flexibility index (Phi) is 3.91. The van der Waals surface area contributed by atoms with Crippen LogP contribution < -0.4 is 19.5 Å². The molecule has 0 bridgehead atoms. The minimum atomic E-state index is -0.246. The Morgan fingerprint density at radius 1 is 1.27 bits per heavy atom. The monoisotopic (exact) mass is 298 g/mol. The standard InChI is InChI=1S/C16H14N2O4/c1-20-16-7-4-12(9-17-16)18-15(19)6-3-11-2-5-13-14(8-11)22-10-21-13/h2-9H,10H2,1H3,(H,18,19)/b6-3+. The lowest BCUT2D eigenvalue weighted by Gasteiger charge is -2.03. The molecule has 0 fully saturated rings. The van der Waals surface area contributed by atoms with E-state index in [2.05, 4.69) is 10.3 Å². The third kappa shape index (κ3) is 3.17. The first-order valence-corrected chi connectivity index (χ1v) is 6.63. The fourth-order valence-electron chi connectivity index (χ4n) is 1.95. The molecule has 0 unspecified atom stereocenters. The predicted molar refractivity (Wildman–Crippen MR) is 81.0 cm³/mol. The number of pyridine rings is 1. The van der Waals surface area contributed by atoms with Gasteiger partial charge >= 0.3 is 0 Å². The topological polar surface area (TPSA) is 69.7 Å². The summed E-state index contributed by atoms with van der Waals surface area (Å²) in [7, 11) is 1.54. The lowest BCUT2D eigenvalue weighted by molar-refractivity contribution is -0.111. The summed E-state index contributed by atoms with van der Waals surface area (Å²) < 4.78 is 15.5. The van der Waals surface area contributed by atoms with Crippen molar-refractivity contribution in [1.29, 1.82) is 0 Å². The Hall–Kier alpha value is -3.02. The van der Waals surface area contributed by atoms with Crippen molar-refractivity contribution in [3.8, 4) is 17.4 Å². The van der Waals surface area contributed by atoms with Crippen molar-refractivity contribution in [1.82, 2.24) is 4.98 Å². The quantitative estimate of drug-likeness (QED) is 0.878. The average molecular weight is 298 g/mol. The van der Waals surface area contributed by atoms with Crippen LogP contribution in [0.25, 0.3) is 6.08 Å². The van der Waals surface area contributed by atoms with Gasteiger partial charge in [0.1, 0.15) is 0 Å². The van der Waals surface area contributed by atoms with E-state index in [4.69, 9.17) is 14.2 Å². The van der Waals surface area contributed by atoms with Gasteiger partial charge in [0.15, 0.2) is 11.5 Å². The first kappa shape index (κ1) is 13.9. The van der Waals surface area contributed by atoms with E-state index in [1.165, 1.54) is 19.4 Å². The summed E-state index contributed by atoms with van der Waals surface area (Å²) in [6.45, 7) is 0.230. The van der Waals surface area contributed by atoms with E-state index < -0.39 is 0 Å². The number of fused-ring (bicyclic) bond motifs is 1. The molecule has 1 aliphatic rings. The number of carbonyl (C=O) groups excluding carboxylic acids is 1. The first-order valence-electron chi connectivity index (χ1n) is 6.63. The largest absolute Gasteiger partial charge is 0.481 e.